The van der Waals surface area contributed by atoms with E-state index in [0.29, 0.717) is 11.6 Å². The summed E-state index contributed by atoms with van der Waals surface area (Å²) in [7, 11) is 0. The molecule has 0 aromatic heterocycles. The first kappa shape index (κ1) is 11.2. The van der Waals surface area contributed by atoms with Crippen LogP contribution in [0.1, 0.15) is 5.56 Å². The van der Waals surface area contributed by atoms with Crippen LogP contribution in [-0.2, 0) is 6.61 Å². The molecular weight excluding hydrogens is 252 g/mol. The van der Waals surface area contributed by atoms with Gasteiger partial charge in [0.15, 0.2) is 11.5 Å². The van der Waals surface area contributed by atoms with Gasteiger partial charge >= 0.3 is 0 Å². The molecule has 1 aliphatic heterocycles. The topological polar surface area (TPSA) is 27.7 Å². The van der Waals surface area contributed by atoms with Crippen LogP contribution in [0.15, 0.2) is 42.5 Å². The monoisotopic (exact) mass is 262 g/mol. The average Bonchev–Trinajstić information content (AvgIpc) is 2.84. The number of hydrogen-bond acceptors (Lipinski definition) is 3. The zero-order valence-corrected chi connectivity index (χ0v) is 10.3. The van der Waals surface area contributed by atoms with E-state index in [1.165, 1.54) is 0 Å². The zero-order valence-electron chi connectivity index (χ0n) is 9.56. The van der Waals surface area contributed by atoms with Gasteiger partial charge in [0.05, 0.1) is 0 Å². The molecule has 0 amide bonds. The Labute approximate surface area is 110 Å². The van der Waals surface area contributed by atoms with Crippen molar-refractivity contribution >= 4 is 11.6 Å². The normalized spacial score (nSPS) is 12.5. The lowest BCUT2D eigenvalue weighted by atomic mass is 10.2. The molecule has 0 unspecified atom stereocenters. The van der Waals surface area contributed by atoms with E-state index in [4.69, 9.17) is 25.8 Å². The molecule has 3 nitrogen and oxygen atoms in total. The summed E-state index contributed by atoms with van der Waals surface area (Å²) in [6.45, 7) is 0.743. The minimum Gasteiger partial charge on any atom is -0.489 e. The van der Waals surface area contributed by atoms with Gasteiger partial charge in [0.25, 0.3) is 0 Å². The molecule has 1 heterocycles. The van der Waals surface area contributed by atoms with Gasteiger partial charge < -0.3 is 14.2 Å². The maximum Gasteiger partial charge on any atom is 0.231 e. The molecule has 0 aliphatic carbocycles. The van der Waals surface area contributed by atoms with Crippen molar-refractivity contribution < 1.29 is 14.2 Å². The highest BCUT2D eigenvalue weighted by Crippen LogP contribution is 2.35. The van der Waals surface area contributed by atoms with Crippen molar-refractivity contribution in [2.24, 2.45) is 0 Å². The standard InChI is InChI=1S/C14H11ClO3/c15-11-3-1-2-10(6-11)8-16-12-4-5-13-14(7-12)18-9-17-13/h1-7H,8-9H2. The molecule has 3 rings (SSSR count). The van der Waals surface area contributed by atoms with Gasteiger partial charge in [-0.25, -0.2) is 0 Å². The summed E-state index contributed by atoms with van der Waals surface area (Å²) < 4.78 is 16.2. The van der Waals surface area contributed by atoms with Gasteiger partial charge in [-0.2, -0.15) is 0 Å². The molecule has 18 heavy (non-hydrogen) atoms. The molecule has 0 saturated carbocycles. The molecule has 0 atom stereocenters. The van der Waals surface area contributed by atoms with E-state index in [0.717, 1.165) is 22.8 Å². The molecule has 92 valence electrons. The van der Waals surface area contributed by atoms with Crippen LogP contribution >= 0.6 is 11.6 Å². The summed E-state index contributed by atoms with van der Waals surface area (Å²) >= 11 is 5.91. The average molecular weight is 263 g/mol. The second kappa shape index (κ2) is 4.78. The Morgan fingerprint density at radius 1 is 1.06 bits per heavy atom. The summed E-state index contributed by atoms with van der Waals surface area (Å²) in [4.78, 5) is 0. The number of rotatable bonds is 3. The van der Waals surface area contributed by atoms with E-state index in [-0.39, 0.29) is 6.79 Å². The number of ether oxygens (including phenoxy) is 3. The Morgan fingerprint density at radius 2 is 1.94 bits per heavy atom. The predicted molar refractivity (Wildman–Crippen MR) is 68.3 cm³/mol. The molecule has 0 saturated heterocycles. The summed E-state index contributed by atoms with van der Waals surface area (Å²) in [6, 6.07) is 13.1. The first-order chi connectivity index (χ1) is 8.81. The number of halogens is 1. The minimum absolute atomic E-state index is 0.271. The summed E-state index contributed by atoms with van der Waals surface area (Å²) in [5.74, 6) is 2.22. The molecule has 2 aromatic rings. The van der Waals surface area contributed by atoms with Crippen LogP contribution in [0.2, 0.25) is 5.02 Å². The Hall–Kier alpha value is -1.87. The van der Waals surface area contributed by atoms with Gasteiger partial charge in [0.2, 0.25) is 6.79 Å². The first-order valence-corrected chi connectivity index (χ1v) is 5.96. The highest BCUT2D eigenvalue weighted by atomic mass is 35.5. The maximum absolute atomic E-state index is 5.91. The summed E-state index contributed by atoms with van der Waals surface area (Å²) in [6.07, 6.45) is 0. The Morgan fingerprint density at radius 3 is 2.83 bits per heavy atom. The Kier molecular flexibility index (Phi) is 2.99. The molecule has 2 aromatic carbocycles. The van der Waals surface area contributed by atoms with Crippen LogP contribution in [0.4, 0.5) is 0 Å². The van der Waals surface area contributed by atoms with Gasteiger partial charge in [0.1, 0.15) is 12.4 Å². The third-order valence-electron chi connectivity index (χ3n) is 2.64. The van der Waals surface area contributed by atoms with Crippen molar-refractivity contribution in [3.05, 3.63) is 53.1 Å². The fourth-order valence-electron chi connectivity index (χ4n) is 1.76. The van der Waals surface area contributed by atoms with Crippen molar-refractivity contribution in [1.29, 1.82) is 0 Å². The lowest BCUT2D eigenvalue weighted by molar-refractivity contribution is 0.173. The first-order valence-electron chi connectivity index (χ1n) is 5.58. The SMILES string of the molecule is Clc1cccc(COc2ccc3c(c2)OCO3)c1. The van der Waals surface area contributed by atoms with E-state index in [2.05, 4.69) is 0 Å². The van der Waals surface area contributed by atoms with Crippen LogP contribution < -0.4 is 14.2 Å². The lowest BCUT2D eigenvalue weighted by Gasteiger charge is -2.07. The van der Waals surface area contributed by atoms with Crippen molar-refractivity contribution in [2.45, 2.75) is 6.61 Å². The fraction of sp³-hybridized carbons (Fsp3) is 0.143. The molecule has 0 spiro atoms. The molecule has 1 aliphatic rings. The molecule has 0 N–H and O–H groups in total. The predicted octanol–water partition coefficient (Wildman–Crippen LogP) is 3.65. The van der Waals surface area contributed by atoms with Crippen LogP contribution in [0.3, 0.4) is 0 Å². The van der Waals surface area contributed by atoms with E-state index >= 15 is 0 Å². The summed E-state index contributed by atoms with van der Waals surface area (Å²) in [5, 5.41) is 0.710. The van der Waals surface area contributed by atoms with Gasteiger partial charge in [-0.3, -0.25) is 0 Å². The minimum atomic E-state index is 0.271. The molecule has 4 heteroatoms. The number of benzene rings is 2. The summed E-state index contributed by atoms with van der Waals surface area (Å²) in [5.41, 5.74) is 1.03. The van der Waals surface area contributed by atoms with Gasteiger partial charge in [-0.15, -0.1) is 0 Å². The van der Waals surface area contributed by atoms with E-state index in [9.17, 15) is 0 Å². The second-order valence-corrected chi connectivity index (χ2v) is 4.37. The molecule has 0 bridgehead atoms. The maximum atomic E-state index is 5.91. The Balaban J connectivity index is 1.70. The fourth-order valence-corrected chi connectivity index (χ4v) is 1.97. The van der Waals surface area contributed by atoms with E-state index in [1.54, 1.807) is 0 Å². The van der Waals surface area contributed by atoms with Gasteiger partial charge in [-0.1, -0.05) is 23.7 Å². The van der Waals surface area contributed by atoms with Crippen molar-refractivity contribution in [1.82, 2.24) is 0 Å². The Bertz CT molecular complexity index is 569. The second-order valence-electron chi connectivity index (χ2n) is 3.93. The largest absolute Gasteiger partial charge is 0.489 e. The van der Waals surface area contributed by atoms with Crippen molar-refractivity contribution in [2.75, 3.05) is 6.79 Å². The molecule has 0 fully saturated rings. The van der Waals surface area contributed by atoms with Crippen molar-refractivity contribution in [3.63, 3.8) is 0 Å². The molecule has 0 radical (unpaired) electrons. The number of fused-ring (bicyclic) bond motifs is 1. The van der Waals surface area contributed by atoms with Crippen LogP contribution in [0.5, 0.6) is 17.2 Å². The van der Waals surface area contributed by atoms with Crippen molar-refractivity contribution in [3.8, 4) is 17.2 Å². The third-order valence-corrected chi connectivity index (χ3v) is 2.87. The van der Waals surface area contributed by atoms with E-state index in [1.807, 2.05) is 42.5 Å². The van der Waals surface area contributed by atoms with Crippen LogP contribution in [-0.4, -0.2) is 6.79 Å². The highest BCUT2D eigenvalue weighted by Gasteiger charge is 2.13. The highest BCUT2D eigenvalue weighted by molar-refractivity contribution is 6.30. The zero-order chi connectivity index (χ0) is 12.4. The lowest BCUT2D eigenvalue weighted by Crippen LogP contribution is -1.95. The van der Waals surface area contributed by atoms with Gasteiger partial charge in [0, 0.05) is 11.1 Å². The third kappa shape index (κ3) is 2.36. The van der Waals surface area contributed by atoms with Gasteiger partial charge in [-0.05, 0) is 29.8 Å². The van der Waals surface area contributed by atoms with E-state index < -0.39 is 0 Å². The smallest absolute Gasteiger partial charge is 0.231 e. The van der Waals surface area contributed by atoms with Crippen LogP contribution in [0.25, 0.3) is 0 Å². The quantitative estimate of drug-likeness (QED) is 0.845. The van der Waals surface area contributed by atoms with Crippen LogP contribution in [0, 0.1) is 0 Å². The number of hydrogen-bond donors (Lipinski definition) is 0. The molecular formula is C14H11ClO3.